The van der Waals surface area contributed by atoms with Gasteiger partial charge in [-0.2, -0.15) is 0 Å². The van der Waals surface area contributed by atoms with Crippen LogP contribution in [-0.4, -0.2) is 33.3 Å². The molecule has 0 aliphatic rings. The smallest absolute Gasteiger partial charge is 0.308 e. The third-order valence-corrected chi connectivity index (χ3v) is 2.90. The van der Waals surface area contributed by atoms with E-state index < -0.39 is 0 Å². The minimum Gasteiger partial charge on any atom is -0.493 e. The van der Waals surface area contributed by atoms with Gasteiger partial charge in [-0.25, -0.2) is 0 Å². The van der Waals surface area contributed by atoms with E-state index in [0.717, 1.165) is 18.7 Å². The summed E-state index contributed by atoms with van der Waals surface area (Å²) < 4.78 is 15.4. The number of ether oxygens (including phenoxy) is 3. The van der Waals surface area contributed by atoms with Crippen LogP contribution >= 0.6 is 0 Å². The maximum atomic E-state index is 11.0. The van der Waals surface area contributed by atoms with Gasteiger partial charge >= 0.3 is 5.97 Å². The molecule has 1 N–H and O–H groups in total. The fourth-order valence-corrected chi connectivity index (χ4v) is 1.79. The van der Waals surface area contributed by atoms with Crippen LogP contribution in [0.3, 0.4) is 0 Å². The van der Waals surface area contributed by atoms with E-state index in [4.69, 9.17) is 9.47 Å². The SMILES string of the molecule is COC(=O)CCOc1ccc(CNCC(C)C)cc1OC. The fourth-order valence-electron chi connectivity index (χ4n) is 1.79. The first kappa shape index (κ1) is 17.3. The molecule has 0 aromatic heterocycles. The van der Waals surface area contributed by atoms with Crippen LogP contribution in [-0.2, 0) is 16.1 Å². The Hall–Kier alpha value is -1.75. The Bertz CT molecular complexity index is 446. The van der Waals surface area contributed by atoms with Gasteiger partial charge in [0.2, 0.25) is 0 Å². The molecule has 118 valence electrons. The molecule has 5 nitrogen and oxygen atoms in total. The Labute approximate surface area is 126 Å². The van der Waals surface area contributed by atoms with Gasteiger partial charge in [0.05, 0.1) is 27.2 Å². The van der Waals surface area contributed by atoms with Crippen molar-refractivity contribution in [2.45, 2.75) is 26.8 Å². The zero-order chi connectivity index (χ0) is 15.7. The van der Waals surface area contributed by atoms with Crippen molar-refractivity contribution in [1.82, 2.24) is 5.32 Å². The first-order chi connectivity index (χ1) is 10.1. The molecule has 0 aliphatic carbocycles. The molecule has 0 saturated carbocycles. The Balaban J connectivity index is 2.55. The van der Waals surface area contributed by atoms with E-state index >= 15 is 0 Å². The van der Waals surface area contributed by atoms with Crippen molar-refractivity contribution in [3.63, 3.8) is 0 Å². The van der Waals surface area contributed by atoms with Crippen LogP contribution in [0.4, 0.5) is 0 Å². The quantitative estimate of drug-likeness (QED) is 0.709. The second kappa shape index (κ2) is 9.23. The second-order valence-electron chi connectivity index (χ2n) is 5.18. The van der Waals surface area contributed by atoms with E-state index in [0.29, 0.717) is 17.4 Å². The first-order valence-corrected chi connectivity index (χ1v) is 7.14. The molecule has 0 aliphatic heterocycles. The average molecular weight is 295 g/mol. The number of hydrogen-bond acceptors (Lipinski definition) is 5. The van der Waals surface area contributed by atoms with Gasteiger partial charge in [-0.1, -0.05) is 19.9 Å². The zero-order valence-corrected chi connectivity index (χ0v) is 13.3. The summed E-state index contributed by atoms with van der Waals surface area (Å²) in [5.41, 5.74) is 1.13. The fraction of sp³-hybridized carbons (Fsp3) is 0.562. The largest absolute Gasteiger partial charge is 0.493 e. The Morgan fingerprint density at radius 1 is 1.24 bits per heavy atom. The number of methoxy groups -OCH3 is 2. The van der Waals surface area contributed by atoms with E-state index in [2.05, 4.69) is 23.9 Å². The summed E-state index contributed by atoms with van der Waals surface area (Å²) in [7, 11) is 2.97. The Morgan fingerprint density at radius 2 is 2.00 bits per heavy atom. The van der Waals surface area contributed by atoms with E-state index in [9.17, 15) is 4.79 Å². The summed E-state index contributed by atoms with van der Waals surface area (Å²) in [5.74, 6) is 1.63. The lowest BCUT2D eigenvalue weighted by atomic mass is 10.2. The number of rotatable bonds is 9. The van der Waals surface area contributed by atoms with E-state index in [1.165, 1.54) is 7.11 Å². The summed E-state index contributed by atoms with van der Waals surface area (Å²) in [6.45, 7) is 6.38. The molecular weight excluding hydrogens is 270 g/mol. The predicted molar refractivity (Wildman–Crippen MR) is 81.7 cm³/mol. The zero-order valence-electron chi connectivity index (χ0n) is 13.3. The van der Waals surface area contributed by atoms with Crippen molar-refractivity contribution in [2.75, 3.05) is 27.4 Å². The highest BCUT2D eigenvalue weighted by molar-refractivity contribution is 5.69. The van der Waals surface area contributed by atoms with Crippen LogP contribution < -0.4 is 14.8 Å². The number of carbonyl (C=O) groups excluding carboxylic acids is 1. The van der Waals surface area contributed by atoms with Crippen molar-refractivity contribution in [3.05, 3.63) is 23.8 Å². The van der Waals surface area contributed by atoms with Crippen LogP contribution in [0.1, 0.15) is 25.8 Å². The molecule has 1 rings (SSSR count). The van der Waals surface area contributed by atoms with Crippen LogP contribution in [0.15, 0.2) is 18.2 Å². The molecule has 0 radical (unpaired) electrons. The number of carbonyl (C=O) groups is 1. The highest BCUT2D eigenvalue weighted by Gasteiger charge is 2.07. The summed E-state index contributed by atoms with van der Waals surface area (Å²) in [5, 5.41) is 3.38. The Kier molecular flexibility index (Phi) is 7.61. The van der Waals surface area contributed by atoms with Gasteiger partial charge in [0.1, 0.15) is 0 Å². The van der Waals surface area contributed by atoms with Crippen LogP contribution in [0, 0.1) is 5.92 Å². The van der Waals surface area contributed by atoms with Gasteiger partial charge in [-0.3, -0.25) is 4.79 Å². The summed E-state index contributed by atoms with van der Waals surface area (Å²) in [6.07, 6.45) is 0.220. The number of hydrogen-bond donors (Lipinski definition) is 1. The number of benzene rings is 1. The molecule has 0 spiro atoms. The normalized spacial score (nSPS) is 10.5. The van der Waals surface area contributed by atoms with Gasteiger partial charge < -0.3 is 19.5 Å². The topological polar surface area (TPSA) is 56.8 Å². The number of esters is 1. The minimum absolute atomic E-state index is 0.220. The standard InChI is InChI=1S/C16H25NO4/c1-12(2)10-17-11-13-5-6-14(15(9-13)19-3)21-8-7-16(18)20-4/h5-6,9,12,17H,7-8,10-11H2,1-4H3. The molecule has 1 aromatic rings. The molecule has 0 amide bonds. The molecule has 0 atom stereocenters. The molecular formula is C16H25NO4. The maximum Gasteiger partial charge on any atom is 0.308 e. The molecule has 5 heteroatoms. The monoisotopic (exact) mass is 295 g/mol. The third kappa shape index (κ3) is 6.49. The van der Waals surface area contributed by atoms with Gasteiger partial charge in [0.25, 0.3) is 0 Å². The van der Waals surface area contributed by atoms with Crippen molar-refractivity contribution in [1.29, 1.82) is 0 Å². The van der Waals surface area contributed by atoms with Crippen molar-refractivity contribution < 1.29 is 19.0 Å². The minimum atomic E-state index is -0.288. The second-order valence-corrected chi connectivity index (χ2v) is 5.18. The molecule has 0 bridgehead atoms. The Morgan fingerprint density at radius 3 is 2.62 bits per heavy atom. The lowest BCUT2D eigenvalue weighted by molar-refractivity contribution is -0.141. The highest BCUT2D eigenvalue weighted by Crippen LogP contribution is 2.28. The van der Waals surface area contributed by atoms with E-state index in [1.54, 1.807) is 7.11 Å². The molecule has 1 aromatic carbocycles. The van der Waals surface area contributed by atoms with Crippen LogP contribution in [0.5, 0.6) is 11.5 Å². The van der Waals surface area contributed by atoms with Gasteiger partial charge in [-0.05, 0) is 30.2 Å². The molecule has 0 heterocycles. The van der Waals surface area contributed by atoms with Crippen LogP contribution in [0.25, 0.3) is 0 Å². The average Bonchev–Trinajstić information content (AvgIpc) is 2.47. The summed E-state index contributed by atoms with van der Waals surface area (Å²) >= 11 is 0. The lowest BCUT2D eigenvalue weighted by Gasteiger charge is -2.13. The van der Waals surface area contributed by atoms with Crippen molar-refractivity contribution in [2.24, 2.45) is 5.92 Å². The van der Waals surface area contributed by atoms with E-state index in [1.807, 2.05) is 18.2 Å². The molecule has 21 heavy (non-hydrogen) atoms. The predicted octanol–water partition coefficient (Wildman–Crippen LogP) is 2.38. The van der Waals surface area contributed by atoms with Gasteiger partial charge in [-0.15, -0.1) is 0 Å². The first-order valence-electron chi connectivity index (χ1n) is 7.14. The highest BCUT2D eigenvalue weighted by atomic mass is 16.5. The maximum absolute atomic E-state index is 11.0. The van der Waals surface area contributed by atoms with Gasteiger partial charge in [0, 0.05) is 6.54 Å². The summed E-state index contributed by atoms with van der Waals surface area (Å²) in [4.78, 5) is 11.0. The lowest BCUT2D eigenvalue weighted by Crippen LogP contribution is -2.18. The molecule has 0 fully saturated rings. The third-order valence-electron chi connectivity index (χ3n) is 2.90. The van der Waals surface area contributed by atoms with Crippen LogP contribution in [0.2, 0.25) is 0 Å². The molecule has 0 saturated heterocycles. The summed E-state index contributed by atoms with van der Waals surface area (Å²) in [6, 6.07) is 5.80. The van der Waals surface area contributed by atoms with Crippen molar-refractivity contribution in [3.8, 4) is 11.5 Å². The number of nitrogens with one attached hydrogen (secondary N) is 1. The molecule has 0 unspecified atom stereocenters. The van der Waals surface area contributed by atoms with Crippen molar-refractivity contribution >= 4 is 5.97 Å². The van der Waals surface area contributed by atoms with Gasteiger partial charge in [0.15, 0.2) is 11.5 Å². The van der Waals surface area contributed by atoms with E-state index in [-0.39, 0.29) is 19.0 Å².